The van der Waals surface area contributed by atoms with E-state index in [-0.39, 0.29) is 16.3 Å². The van der Waals surface area contributed by atoms with Crippen LogP contribution in [0.1, 0.15) is 16.8 Å². The van der Waals surface area contributed by atoms with E-state index in [4.69, 9.17) is 27.5 Å². The van der Waals surface area contributed by atoms with Crippen LogP contribution in [0.15, 0.2) is 18.2 Å². The summed E-state index contributed by atoms with van der Waals surface area (Å²) >= 11 is 5.71. The lowest BCUT2D eigenvalue weighted by Gasteiger charge is -2.12. The molecule has 0 heterocycles. The first-order chi connectivity index (χ1) is 8.79. The molecule has 1 aromatic rings. The van der Waals surface area contributed by atoms with Crippen LogP contribution in [0.2, 0.25) is 5.02 Å². The van der Waals surface area contributed by atoms with Crippen molar-refractivity contribution in [3.63, 3.8) is 0 Å². The van der Waals surface area contributed by atoms with Gasteiger partial charge in [0.05, 0.1) is 6.42 Å². The summed E-state index contributed by atoms with van der Waals surface area (Å²) in [6.07, 6.45) is -0.725. The number of benzene rings is 1. The van der Waals surface area contributed by atoms with Crippen molar-refractivity contribution >= 4 is 35.1 Å². The number of amides is 1. The molecule has 8 heteroatoms. The summed E-state index contributed by atoms with van der Waals surface area (Å²) in [7, 11) is 0. The van der Waals surface area contributed by atoms with Crippen molar-refractivity contribution in [3.8, 4) is 0 Å². The summed E-state index contributed by atoms with van der Waals surface area (Å²) in [5, 5.41) is 19.6. The van der Waals surface area contributed by atoms with Gasteiger partial charge in [-0.2, -0.15) is 0 Å². The molecule has 19 heavy (non-hydrogen) atoms. The summed E-state index contributed by atoms with van der Waals surface area (Å²) in [5.74, 6) is -3.54. The molecule has 7 nitrogen and oxygen atoms in total. The van der Waals surface area contributed by atoms with Crippen molar-refractivity contribution in [2.75, 3.05) is 5.73 Å². The van der Waals surface area contributed by atoms with E-state index in [0.29, 0.717) is 0 Å². The quantitative estimate of drug-likeness (QED) is 0.586. The van der Waals surface area contributed by atoms with Crippen LogP contribution in [0, 0.1) is 0 Å². The minimum absolute atomic E-state index is 0.0571. The van der Waals surface area contributed by atoms with Crippen LogP contribution < -0.4 is 11.1 Å². The molecule has 0 saturated carbocycles. The number of rotatable bonds is 5. The number of nitrogens with one attached hydrogen (secondary N) is 1. The van der Waals surface area contributed by atoms with Gasteiger partial charge in [-0.1, -0.05) is 11.6 Å². The van der Waals surface area contributed by atoms with Crippen LogP contribution in [0.4, 0.5) is 5.69 Å². The molecule has 1 atom stereocenters. The highest BCUT2D eigenvalue weighted by atomic mass is 35.5. The Morgan fingerprint density at radius 2 is 1.89 bits per heavy atom. The third kappa shape index (κ3) is 4.47. The Labute approximate surface area is 113 Å². The van der Waals surface area contributed by atoms with Crippen LogP contribution in [0.3, 0.4) is 0 Å². The average molecular weight is 287 g/mol. The number of carbonyl (C=O) groups is 3. The molecule has 0 saturated heterocycles. The molecule has 1 unspecified atom stereocenters. The van der Waals surface area contributed by atoms with Gasteiger partial charge in [0.25, 0.3) is 5.91 Å². The zero-order valence-corrected chi connectivity index (χ0v) is 10.3. The highest BCUT2D eigenvalue weighted by Gasteiger charge is 2.23. The lowest BCUT2D eigenvalue weighted by Crippen LogP contribution is -2.42. The minimum Gasteiger partial charge on any atom is -0.481 e. The monoisotopic (exact) mass is 286 g/mol. The van der Waals surface area contributed by atoms with Gasteiger partial charge in [-0.05, 0) is 18.2 Å². The summed E-state index contributed by atoms with van der Waals surface area (Å²) in [6, 6.07) is 2.50. The van der Waals surface area contributed by atoms with Crippen LogP contribution in [-0.4, -0.2) is 34.1 Å². The lowest BCUT2D eigenvalue weighted by atomic mass is 10.1. The minimum atomic E-state index is -1.52. The van der Waals surface area contributed by atoms with Gasteiger partial charge in [0.2, 0.25) is 0 Å². The van der Waals surface area contributed by atoms with Gasteiger partial charge in [0, 0.05) is 16.3 Å². The molecule has 102 valence electrons. The first kappa shape index (κ1) is 14.8. The van der Waals surface area contributed by atoms with E-state index in [9.17, 15) is 14.4 Å². The number of carboxylic acids is 2. The molecule has 0 spiro atoms. The summed E-state index contributed by atoms with van der Waals surface area (Å²) < 4.78 is 0. The lowest BCUT2D eigenvalue weighted by molar-refractivity contribution is -0.145. The van der Waals surface area contributed by atoms with Crippen molar-refractivity contribution in [1.29, 1.82) is 0 Å². The van der Waals surface area contributed by atoms with Crippen molar-refractivity contribution < 1.29 is 24.6 Å². The first-order valence-corrected chi connectivity index (χ1v) is 5.49. The first-order valence-electron chi connectivity index (χ1n) is 5.11. The number of nitrogens with two attached hydrogens (primary N) is 1. The maximum absolute atomic E-state index is 11.8. The van der Waals surface area contributed by atoms with Gasteiger partial charge >= 0.3 is 11.9 Å². The molecule has 0 aromatic heterocycles. The summed E-state index contributed by atoms with van der Waals surface area (Å²) in [5.41, 5.74) is 5.79. The molecule has 1 rings (SSSR count). The van der Waals surface area contributed by atoms with E-state index < -0.39 is 30.3 Å². The van der Waals surface area contributed by atoms with Crippen molar-refractivity contribution in [2.45, 2.75) is 12.5 Å². The Morgan fingerprint density at radius 1 is 1.26 bits per heavy atom. The summed E-state index contributed by atoms with van der Waals surface area (Å²) in [4.78, 5) is 33.1. The number of aliphatic carboxylic acids is 2. The van der Waals surface area contributed by atoms with E-state index in [0.717, 1.165) is 0 Å². The maximum Gasteiger partial charge on any atom is 0.326 e. The zero-order chi connectivity index (χ0) is 14.6. The Hall–Kier alpha value is -2.28. The predicted octanol–water partition coefficient (Wildman–Crippen LogP) is 0.580. The smallest absolute Gasteiger partial charge is 0.326 e. The standard InChI is InChI=1S/C11H11ClN2O5/c12-6-1-5(2-7(13)3-6)10(17)14-8(11(18)19)4-9(15)16/h1-3,8H,4,13H2,(H,14,17)(H,15,16)(H,18,19). The van der Waals surface area contributed by atoms with Crippen LogP contribution in [0.25, 0.3) is 0 Å². The second-order valence-electron chi connectivity index (χ2n) is 3.74. The Bertz CT molecular complexity index is 512. The molecular formula is C11H11ClN2O5. The highest BCUT2D eigenvalue weighted by Crippen LogP contribution is 2.16. The molecule has 0 aliphatic rings. The number of nitrogen functional groups attached to an aromatic ring is 1. The van der Waals surface area contributed by atoms with Crippen molar-refractivity contribution in [3.05, 3.63) is 28.8 Å². The van der Waals surface area contributed by atoms with Crippen LogP contribution >= 0.6 is 11.6 Å². The topological polar surface area (TPSA) is 130 Å². The van der Waals surface area contributed by atoms with E-state index >= 15 is 0 Å². The van der Waals surface area contributed by atoms with Crippen LogP contribution in [-0.2, 0) is 9.59 Å². The number of carboxylic acid groups (broad SMARTS) is 2. The predicted molar refractivity (Wildman–Crippen MR) is 67.0 cm³/mol. The van der Waals surface area contributed by atoms with Gasteiger partial charge in [-0.15, -0.1) is 0 Å². The normalized spacial score (nSPS) is 11.6. The number of halogens is 1. The fraction of sp³-hybridized carbons (Fsp3) is 0.182. The van der Waals surface area contributed by atoms with Crippen LogP contribution in [0.5, 0.6) is 0 Å². The molecule has 5 N–H and O–H groups in total. The molecule has 0 bridgehead atoms. The van der Waals surface area contributed by atoms with E-state index in [1.807, 2.05) is 0 Å². The van der Waals surface area contributed by atoms with Gasteiger partial charge in [0.1, 0.15) is 6.04 Å². The second-order valence-corrected chi connectivity index (χ2v) is 4.17. The number of carbonyl (C=O) groups excluding carboxylic acids is 1. The fourth-order valence-electron chi connectivity index (χ4n) is 1.36. The molecular weight excluding hydrogens is 276 g/mol. The molecule has 0 aliphatic heterocycles. The van der Waals surface area contributed by atoms with E-state index in [1.54, 1.807) is 0 Å². The number of hydrogen-bond acceptors (Lipinski definition) is 4. The molecule has 1 amide bonds. The average Bonchev–Trinajstić information content (AvgIpc) is 2.25. The fourth-order valence-corrected chi connectivity index (χ4v) is 1.60. The molecule has 1 aromatic carbocycles. The molecule has 0 radical (unpaired) electrons. The maximum atomic E-state index is 11.8. The van der Waals surface area contributed by atoms with E-state index in [1.165, 1.54) is 18.2 Å². The van der Waals surface area contributed by atoms with Gasteiger partial charge in [-0.25, -0.2) is 4.79 Å². The SMILES string of the molecule is Nc1cc(Cl)cc(C(=O)NC(CC(=O)O)C(=O)O)c1. The Kier molecular flexibility index (Phi) is 4.71. The Morgan fingerprint density at radius 3 is 2.37 bits per heavy atom. The largest absolute Gasteiger partial charge is 0.481 e. The van der Waals surface area contributed by atoms with Gasteiger partial charge in [-0.3, -0.25) is 9.59 Å². The summed E-state index contributed by atoms with van der Waals surface area (Å²) in [6.45, 7) is 0. The van der Waals surface area contributed by atoms with Gasteiger partial charge < -0.3 is 21.3 Å². The van der Waals surface area contributed by atoms with E-state index in [2.05, 4.69) is 5.32 Å². The highest BCUT2D eigenvalue weighted by molar-refractivity contribution is 6.31. The number of hydrogen-bond donors (Lipinski definition) is 4. The van der Waals surface area contributed by atoms with Gasteiger partial charge in [0.15, 0.2) is 0 Å². The van der Waals surface area contributed by atoms with Crippen molar-refractivity contribution in [2.24, 2.45) is 0 Å². The third-order valence-corrected chi connectivity index (χ3v) is 2.38. The second kappa shape index (κ2) is 6.05. The molecule has 0 fully saturated rings. The molecule has 0 aliphatic carbocycles. The third-order valence-electron chi connectivity index (χ3n) is 2.16. The Balaban J connectivity index is 2.87. The zero-order valence-electron chi connectivity index (χ0n) is 9.59. The van der Waals surface area contributed by atoms with Crippen molar-refractivity contribution in [1.82, 2.24) is 5.32 Å². The number of anilines is 1.